The zero-order valence-corrected chi connectivity index (χ0v) is 18.5. The van der Waals surface area contributed by atoms with Crippen molar-refractivity contribution in [2.45, 2.75) is 13.8 Å². The van der Waals surface area contributed by atoms with Crippen molar-refractivity contribution in [3.63, 3.8) is 0 Å². The monoisotopic (exact) mass is 455 g/mol. The van der Waals surface area contributed by atoms with Crippen LogP contribution in [0.3, 0.4) is 0 Å². The number of benzene rings is 1. The maximum Gasteiger partial charge on any atom is 0.391 e. The molecular weight excluding hydrogens is 433 g/mol. The summed E-state index contributed by atoms with van der Waals surface area (Å²) in [4.78, 5) is 35.2. The van der Waals surface area contributed by atoms with Gasteiger partial charge in [0, 0.05) is 17.0 Å². The second-order valence-corrected chi connectivity index (χ2v) is 9.07. The number of furan rings is 1. The summed E-state index contributed by atoms with van der Waals surface area (Å²) in [6.07, 6.45) is 1.74. The molecule has 166 valence electrons. The van der Waals surface area contributed by atoms with Gasteiger partial charge in [0.15, 0.2) is 5.82 Å². The van der Waals surface area contributed by atoms with Crippen LogP contribution in [0.4, 0.5) is 5.82 Å². The van der Waals surface area contributed by atoms with E-state index in [1.54, 1.807) is 26.1 Å². The number of aromatic nitrogens is 2. The van der Waals surface area contributed by atoms with Crippen molar-refractivity contribution in [2.24, 2.45) is 5.92 Å². The largest absolute Gasteiger partial charge is 0.497 e. The van der Waals surface area contributed by atoms with Crippen LogP contribution in [-0.2, 0) is 9.36 Å². The van der Waals surface area contributed by atoms with Gasteiger partial charge in [0.05, 0.1) is 19.0 Å². The van der Waals surface area contributed by atoms with Gasteiger partial charge in [0.1, 0.15) is 17.2 Å². The average Bonchev–Trinajstić information content (AvgIpc) is 3.40. The standard InChI is InChI=1S/C22H22N3O6P/c1-13(2)22(26)24-19-12-25-17(5-4-6-20(25)23-19)14-9-15(11-16(10-14)30-3)18-7-8-21(31-18)32(27,28)29/h4-13H,1-3H3,(H,24,26)(H2,27,28,29). The normalized spacial score (nSPS) is 11.8. The first-order valence-corrected chi connectivity index (χ1v) is 11.4. The van der Waals surface area contributed by atoms with Crippen LogP contribution in [-0.4, -0.2) is 32.2 Å². The van der Waals surface area contributed by atoms with E-state index in [2.05, 4.69) is 10.3 Å². The Morgan fingerprint density at radius 2 is 1.91 bits per heavy atom. The molecule has 3 N–H and O–H groups in total. The molecule has 0 aliphatic heterocycles. The van der Waals surface area contributed by atoms with Crippen LogP contribution in [0.1, 0.15) is 13.8 Å². The minimum atomic E-state index is -4.50. The maximum absolute atomic E-state index is 12.1. The number of rotatable bonds is 6. The summed E-state index contributed by atoms with van der Waals surface area (Å²) in [5, 5.41) is 2.80. The zero-order chi connectivity index (χ0) is 23.0. The third kappa shape index (κ3) is 4.31. The number of fused-ring (bicyclic) bond motifs is 1. The molecule has 0 spiro atoms. The lowest BCUT2D eigenvalue weighted by atomic mass is 10.0. The lowest BCUT2D eigenvalue weighted by molar-refractivity contribution is -0.118. The summed E-state index contributed by atoms with van der Waals surface area (Å²) >= 11 is 0. The van der Waals surface area contributed by atoms with Gasteiger partial charge in [0.25, 0.3) is 0 Å². The number of ether oxygens (including phenoxy) is 1. The fourth-order valence-corrected chi connectivity index (χ4v) is 3.71. The van der Waals surface area contributed by atoms with Crippen LogP contribution in [0, 0.1) is 5.92 Å². The molecule has 1 amide bonds. The molecule has 0 bridgehead atoms. The van der Waals surface area contributed by atoms with E-state index in [0.29, 0.717) is 28.5 Å². The van der Waals surface area contributed by atoms with Crippen molar-refractivity contribution in [1.29, 1.82) is 0 Å². The van der Waals surface area contributed by atoms with E-state index in [1.807, 2.05) is 34.7 Å². The Hall–Kier alpha value is -3.39. The smallest absolute Gasteiger partial charge is 0.391 e. The highest BCUT2D eigenvalue weighted by Gasteiger charge is 2.23. The molecule has 32 heavy (non-hydrogen) atoms. The van der Waals surface area contributed by atoms with E-state index in [-0.39, 0.29) is 11.8 Å². The number of amides is 1. The van der Waals surface area contributed by atoms with E-state index >= 15 is 0 Å². The van der Waals surface area contributed by atoms with Crippen molar-refractivity contribution in [3.8, 4) is 28.3 Å². The number of methoxy groups -OCH3 is 1. The first-order valence-electron chi connectivity index (χ1n) is 9.80. The van der Waals surface area contributed by atoms with Gasteiger partial charge >= 0.3 is 7.60 Å². The highest BCUT2D eigenvalue weighted by molar-refractivity contribution is 7.59. The van der Waals surface area contributed by atoms with Crippen LogP contribution in [0.2, 0.25) is 0 Å². The zero-order valence-electron chi connectivity index (χ0n) is 17.6. The summed E-state index contributed by atoms with van der Waals surface area (Å²) < 4.78 is 24.2. The first kappa shape index (κ1) is 21.8. The number of hydrogen-bond donors (Lipinski definition) is 3. The Bertz CT molecular complexity index is 1350. The number of hydrogen-bond acceptors (Lipinski definition) is 5. The number of carbonyl (C=O) groups is 1. The van der Waals surface area contributed by atoms with Gasteiger partial charge in [-0.05, 0) is 42.5 Å². The molecule has 0 fully saturated rings. The number of anilines is 1. The van der Waals surface area contributed by atoms with Crippen molar-refractivity contribution in [1.82, 2.24) is 9.38 Å². The average molecular weight is 455 g/mol. The third-order valence-electron chi connectivity index (χ3n) is 4.87. The summed E-state index contributed by atoms with van der Waals surface area (Å²) in [7, 11) is -2.97. The predicted molar refractivity (Wildman–Crippen MR) is 120 cm³/mol. The highest BCUT2D eigenvalue weighted by atomic mass is 31.2. The van der Waals surface area contributed by atoms with Crippen molar-refractivity contribution in [2.75, 3.05) is 12.4 Å². The van der Waals surface area contributed by atoms with Crippen LogP contribution in [0.15, 0.2) is 59.1 Å². The van der Waals surface area contributed by atoms with Crippen LogP contribution in [0.25, 0.3) is 28.2 Å². The minimum absolute atomic E-state index is 0.127. The van der Waals surface area contributed by atoms with Crippen LogP contribution >= 0.6 is 7.60 Å². The summed E-state index contributed by atoms with van der Waals surface area (Å²) in [6.45, 7) is 3.61. The molecule has 4 aromatic rings. The third-order valence-corrected chi connectivity index (χ3v) is 5.68. The van der Waals surface area contributed by atoms with Crippen LogP contribution in [0.5, 0.6) is 5.75 Å². The Morgan fingerprint density at radius 1 is 1.16 bits per heavy atom. The topological polar surface area (TPSA) is 126 Å². The molecule has 4 rings (SSSR count). The Labute approximate surface area is 183 Å². The van der Waals surface area contributed by atoms with E-state index < -0.39 is 13.1 Å². The quantitative estimate of drug-likeness (QED) is 0.379. The number of pyridine rings is 1. The summed E-state index contributed by atoms with van der Waals surface area (Å²) in [6, 6.07) is 13.7. The first-order chi connectivity index (χ1) is 15.2. The second kappa shape index (κ2) is 8.27. The molecule has 1 aromatic carbocycles. The minimum Gasteiger partial charge on any atom is -0.497 e. The SMILES string of the molecule is COc1cc(-c2ccc(P(=O)(O)O)o2)cc(-c2cccc3nc(NC(=O)C(C)C)cn23)c1. The molecular formula is C22H22N3O6P. The van der Waals surface area contributed by atoms with Gasteiger partial charge in [-0.25, -0.2) is 4.98 Å². The van der Waals surface area contributed by atoms with E-state index in [1.165, 1.54) is 19.2 Å². The predicted octanol–water partition coefficient (Wildman–Crippen LogP) is 3.67. The molecule has 0 atom stereocenters. The van der Waals surface area contributed by atoms with Gasteiger partial charge in [-0.1, -0.05) is 19.9 Å². The lowest BCUT2D eigenvalue weighted by Crippen LogP contribution is -2.17. The van der Waals surface area contributed by atoms with E-state index in [4.69, 9.17) is 9.15 Å². The van der Waals surface area contributed by atoms with Gasteiger partial charge in [-0.15, -0.1) is 0 Å². The van der Waals surface area contributed by atoms with Gasteiger partial charge in [-0.3, -0.25) is 13.8 Å². The fraction of sp³-hybridized carbons (Fsp3) is 0.182. The Morgan fingerprint density at radius 3 is 2.56 bits per heavy atom. The Balaban J connectivity index is 1.80. The molecule has 0 aliphatic carbocycles. The molecule has 9 nitrogen and oxygen atoms in total. The summed E-state index contributed by atoms with van der Waals surface area (Å²) in [5.41, 5.74) is 2.37. The van der Waals surface area contributed by atoms with Crippen molar-refractivity contribution in [3.05, 3.63) is 54.7 Å². The maximum atomic E-state index is 12.1. The summed E-state index contributed by atoms with van der Waals surface area (Å²) in [5.74, 6) is 0.976. The molecule has 0 saturated heterocycles. The highest BCUT2D eigenvalue weighted by Crippen LogP contribution is 2.37. The van der Waals surface area contributed by atoms with Gasteiger partial charge < -0.3 is 24.3 Å². The number of carbonyl (C=O) groups excluding carboxylic acids is 1. The molecule has 0 radical (unpaired) electrons. The van der Waals surface area contributed by atoms with Crippen LogP contribution < -0.4 is 15.6 Å². The molecule has 0 aliphatic rings. The number of nitrogens with one attached hydrogen (secondary N) is 1. The second-order valence-electron chi connectivity index (χ2n) is 7.54. The molecule has 3 heterocycles. The van der Waals surface area contributed by atoms with Gasteiger partial charge in [0.2, 0.25) is 11.4 Å². The fourth-order valence-electron chi connectivity index (χ4n) is 3.22. The Kier molecular flexibility index (Phi) is 5.64. The number of nitrogens with zero attached hydrogens (tertiary/aromatic N) is 2. The molecule has 0 unspecified atom stereocenters. The molecule has 10 heteroatoms. The van der Waals surface area contributed by atoms with Crippen molar-refractivity contribution >= 4 is 30.5 Å². The molecule has 3 aromatic heterocycles. The number of imidazole rings is 1. The molecule has 0 saturated carbocycles. The lowest BCUT2D eigenvalue weighted by Gasteiger charge is -2.10. The van der Waals surface area contributed by atoms with E-state index in [9.17, 15) is 19.1 Å². The van der Waals surface area contributed by atoms with Crippen molar-refractivity contribution < 1.29 is 28.3 Å². The van der Waals surface area contributed by atoms with Gasteiger partial charge in [-0.2, -0.15) is 0 Å². The van der Waals surface area contributed by atoms with E-state index in [0.717, 1.165) is 11.3 Å².